The number of rotatable bonds is 4. The van der Waals surface area contributed by atoms with Crippen molar-refractivity contribution < 1.29 is 9.47 Å². The molecular weight excluding hydrogens is 348 g/mol. The smallest absolute Gasteiger partial charge is 0.161 e. The summed E-state index contributed by atoms with van der Waals surface area (Å²) in [7, 11) is 3.31. The van der Waals surface area contributed by atoms with E-state index in [1.165, 1.54) is 21.9 Å². The highest BCUT2D eigenvalue weighted by Crippen LogP contribution is 2.36. The minimum Gasteiger partial charge on any atom is -0.493 e. The number of hydrogen-bond donors (Lipinski definition) is 2. The quantitative estimate of drug-likeness (QED) is 0.409. The van der Waals surface area contributed by atoms with E-state index in [2.05, 4.69) is 64.7 Å². The summed E-state index contributed by atoms with van der Waals surface area (Å²) >= 11 is 0. The predicted molar refractivity (Wildman–Crippen MR) is 114 cm³/mol. The molecule has 0 saturated carbocycles. The van der Waals surface area contributed by atoms with E-state index in [-0.39, 0.29) is 0 Å². The molecule has 0 amide bonds. The van der Waals surface area contributed by atoms with Gasteiger partial charge in [-0.2, -0.15) is 0 Å². The van der Waals surface area contributed by atoms with Gasteiger partial charge in [0.2, 0.25) is 0 Å². The summed E-state index contributed by atoms with van der Waals surface area (Å²) < 4.78 is 10.8. The van der Waals surface area contributed by atoms with Gasteiger partial charge in [-0.05, 0) is 64.5 Å². The largest absolute Gasteiger partial charge is 0.493 e. The van der Waals surface area contributed by atoms with Crippen LogP contribution in [0.4, 0.5) is 0 Å². The van der Waals surface area contributed by atoms with Crippen LogP contribution in [0.15, 0.2) is 73.1 Å². The van der Waals surface area contributed by atoms with Crippen LogP contribution in [-0.4, -0.2) is 24.2 Å². The maximum Gasteiger partial charge on any atom is 0.161 e. The molecule has 0 fully saturated rings. The first-order valence-corrected chi connectivity index (χ1v) is 9.18. The van der Waals surface area contributed by atoms with E-state index in [4.69, 9.17) is 9.47 Å². The van der Waals surface area contributed by atoms with Crippen LogP contribution in [0.5, 0.6) is 11.5 Å². The van der Waals surface area contributed by atoms with Crippen LogP contribution in [0.2, 0.25) is 0 Å². The molecule has 5 rings (SSSR count). The van der Waals surface area contributed by atoms with Crippen molar-refractivity contribution in [1.29, 1.82) is 0 Å². The van der Waals surface area contributed by atoms with Crippen LogP contribution in [0.25, 0.3) is 44.1 Å². The molecule has 0 aliphatic heterocycles. The lowest BCUT2D eigenvalue weighted by atomic mass is 9.99. The molecule has 0 bridgehead atoms. The number of methoxy groups -OCH3 is 2. The molecule has 2 heterocycles. The van der Waals surface area contributed by atoms with Crippen LogP contribution in [0, 0.1) is 0 Å². The van der Waals surface area contributed by atoms with Crippen molar-refractivity contribution >= 4 is 21.8 Å². The normalized spacial score (nSPS) is 11.2. The summed E-state index contributed by atoms with van der Waals surface area (Å²) in [4.78, 5) is 6.65. The molecule has 2 aromatic heterocycles. The number of nitrogens with one attached hydrogen (secondary N) is 2. The number of aromatic nitrogens is 2. The van der Waals surface area contributed by atoms with Crippen molar-refractivity contribution in [2.75, 3.05) is 14.2 Å². The first-order valence-electron chi connectivity index (χ1n) is 9.18. The summed E-state index contributed by atoms with van der Waals surface area (Å²) in [6.45, 7) is 0. The van der Waals surface area contributed by atoms with Crippen LogP contribution < -0.4 is 9.47 Å². The Balaban J connectivity index is 1.64. The molecule has 0 radical (unpaired) electrons. The van der Waals surface area contributed by atoms with E-state index in [9.17, 15) is 0 Å². The van der Waals surface area contributed by atoms with Crippen molar-refractivity contribution in [2.24, 2.45) is 0 Å². The monoisotopic (exact) mass is 368 g/mol. The number of benzene rings is 3. The van der Waals surface area contributed by atoms with Crippen LogP contribution >= 0.6 is 0 Å². The molecule has 0 saturated heterocycles. The fourth-order valence-electron chi connectivity index (χ4n) is 3.78. The molecule has 0 aliphatic rings. The van der Waals surface area contributed by atoms with E-state index >= 15 is 0 Å². The van der Waals surface area contributed by atoms with Gasteiger partial charge in [0.1, 0.15) is 0 Å². The SMILES string of the molecule is COc1ccc(-c2ccc3[nH]cc(-c4ccc5[nH]ccc5c4)c3c2)cc1OC. The zero-order valence-corrected chi connectivity index (χ0v) is 15.7. The van der Waals surface area contributed by atoms with Gasteiger partial charge in [0.05, 0.1) is 14.2 Å². The van der Waals surface area contributed by atoms with Crippen LogP contribution in [0.3, 0.4) is 0 Å². The van der Waals surface area contributed by atoms with Gasteiger partial charge >= 0.3 is 0 Å². The molecule has 4 nitrogen and oxygen atoms in total. The average molecular weight is 368 g/mol. The van der Waals surface area contributed by atoms with E-state index in [0.717, 1.165) is 33.7 Å². The van der Waals surface area contributed by atoms with Crippen molar-refractivity contribution in [1.82, 2.24) is 9.97 Å². The third-order valence-electron chi connectivity index (χ3n) is 5.26. The Labute approximate surface area is 162 Å². The first-order chi connectivity index (χ1) is 13.8. The Morgan fingerprint density at radius 1 is 0.643 bits per heavy atom. The van der Waals surface area contributed by atoms with Crippen molar-refractivity contribution in [3.63, 3.8) is 0 Å². The van der Waals surface area contributed by atoms with Crippen molar-refractivity contribution in [3.8, 4) is 33.8 Å². The summed E-state index contributed by atoms with van der Waals surface area (Å²) in [6.07, 6.45) is 4.05. The summed E-state index contributed by atoms with van der Waals surface area (Å²) in [5, 5.41) is 2.41. The number of H-pyrrole nitrogens is 2. The highest BCUT2D eigenvalue weighted by Gasteiger charge is 2.11. The fraction of sp³-hybridized carbons (Fsp3) is 0.0833. The second-order valence-electron chi connectivity index (χ2n) is 6.81. The molecular formula is C24H20N2O2. The summed E-state index contributed by atoms with van der Waals surface area (Å²) in [6, 6.07) is 21.1. The minimum atomic E-state index is 0.729. The second kappa shape index (κ2) is 6.50. The number of hydrogen-bond acceptors (Lipinski definition) is 2. The molecule has 28 heavy (non-hydrogen) atoms. The topological polar surface area (TPSA) is 50.0 Å². The van der Waals surface area contributed by atoms with E-state index in [0.29, 0.717) is 0 Å². The van der Waals surface area contributed by atoms with Gasteiger partial charge in [-0.25, -0.2) is 0 Å². The number of aromatic amines is 2. The van der Waals surface area contributed by atoms with Gasteiger partial charge in [0.15, 0.2) is 11.5 Å². The molecule has 5 aromatic rings. The maximum absolute atomic E-state index is 5.46. The van der Waals surface area contributed by atoms with E-state index < -0.39 is 0 Å². The first kappa shape index (κ1) is 16.5. The predicted octanol–water partition coefficient (Wildman–Crippen LogP) is 6.00. The maximum atomic E-state index is 5.46. The molecule has 138 valence electrons. The lowest BCUT2D eigenvalue weighted by Gasteiger charge is -2.10. The zero-order valence-electron chi connectivity index (χ0n) is 15.7. The van der Waals surface area contributed by atoms with E-state index in [1.807, 2.05) is 18.3 Å². The third-order valence-corrected chi connectivity index (χ3v) is 5.26. The highest BCUT2D eigenvalue weighted by molar-refractivity contribution is 5.99. The van der Waals surface area contributed by atoms with Crippen molar-refractivity contribution in [3.05, 3.63) is 73.1 Å². The van der Waals surface area contributed by atoms with Gasteiger partial charge < -0.3 is 19.4 Å². The van der Waals surface area contributed by atoms with Gasteiger partial charge in [-0.15, -0.1) is 0 Å². The molecule has 4 heteroatoms. The van der Waals surface area contributed by atoms with Crippen LogP contribution in [-0.2, 0) is 0 Å². The highest BCUT2D eigenvalue weighted by atomic mass is 16.5. The zero-order chi connectivity index (χ0) is 19.1. The molecule has 0 spiro atoms. The Kier molecular flexibility index (Phi) is 3.83. The van der Waals surface area contributed by atoms with Gasteiger partial charge in [0.25, 0.3) is 0 Å². The Bertz CT molecular complexity index is 1300. The summed E-state index contributed by atoms with van der Waals surface area (Å²) in [5.74, 6) is 1.46. The molecule has 0 atom stereocenters. The molecule has 0 aliphatic carbocycles. The number of fused-ring (bicyclic) bond motifs is 2. The lowest BCUT2D eigenvalue weighted by Crippen LogP contribution is -1.90. The molecule has 0 unspecified atom stereocenters. The average Bonchev–Trinajstić information content (AvgIpc) is 3.38. The minimum absolute atomic E-state index is 0.729. The second-order valence-corrected chi connectivity index (χ2v) is 6.81. The van der Waals surface area contributed by atoms with Gasteiger partial charge in [0, 0.05) is 34.4 Å². The fourth-order valence-corrected chi connectivity index (χ4v) is 3.78. The van der Waals surface area contributed by atoms with E-state index in [1.54, 1.807) is 14.2 Å². The Morgan fingerprint density at radius 3 is 2.25 bits per heavy atom. The number of ether oxygens (including phenoxy) is 2. The standard InChI is InChI=1S/C24H20N2O2/c1-27-23-8-5-16(13-24(23)28-2)15-3-7-22-19(12-15)20(14-26-22)17-4-6-21-18(11-17)9-10-25-21/h3-14,25-26H,1-2H3. The Hall–Kier alpha value is -3.66. The lowest BCUT2D eigenvalue weighted by molar-refractivity contribution is 0.355. The van der Waals surface area contributed by atoms with Gasteiger partial charge in [-0.3, -0.25) is 0 Å². The molecule has 2 N–H and O–H groups in total. The third kappa shape index (κ3) is 2.62. The van der Waals surface area contributed by atoms with Crippen molar-refractivity contribution in [2.45, 2.75) is 0 Å². The summed E-state index contributed by atoms with van der Waals surface area (Å²) in [5.41, 5.74) is 6.89. The van der Waals surface area contributed by atoms with Crippen LogP contribution in [0.1, 0.15) is 0 Å². The van der Waals surface area contributed by atoms with Gasteiger partial charge in [-0.1, -0.05) is 18.2 Å². The molecule has 3 aromatic carbocycles. The Morgan fingerprint density at radius 2 is 1.39 bits per heavy atom.